The van der Waals surface area contributed by atoms with Gasteiger partial charge in [-0.3, -0.25) is 4.79 Å². The van der Waals surface area contributed by atoms with Gasteiger partial charge in [-0.15, -0.1) is 0 Å². The van der Waals surface area contributed by atoms with Crippen LogP contribution in [0, 0.1) is 6.92 Å². The van der Waals surface area contributed by atoms with Crippen LogP contribution in [0.25, 0.3) is 0 Å². The monoisotopic (exact) mass is 276 g/mol. The van der Waals surface area contributed by atoms with E-state index in [4.69, 9.17) is 0 Å². The van der Waals surface area contributed by atoms with E-state index < -0.39 is 0 Å². The van der Waals surface area contributed by atoms with Crippen LogP contribution in [-0.4, -0.2) is 35.5 Å². The Labute approximate surface area is 120 Å². The summed E-state index contributed by atoms with van der Waals surface area (Å²) in [6, 6.07) is 5.57. The third-order valence-electron chi connectivity index (χ3n) is 3.77. The molecular weight excluding hydrogens is 252 g/mol. The molecule has 110 valence electrons. The van der Waals surface area contributed by atoms with Crippen molar-refractivity contribution in [3.63, 3.8) is 0 Å². The Kier molecular flexibility index (Phi) is 5.41. The van der Waals surface area contributed by atoms with Crippen molar-refractivity contribution in [2.45, 2.75) is 39.2 Å². The molecule has 1 aromatic carbocycles. The summed E-state index contributed by atoms with van der Waals surface area (Å²) in [5, 5.41) is 13.0. The summed E-state index contributed by atoms with van der Waals surface area (Å²) in [5.41, 5.74) is 2.01. The number of hydrogen-bond donors (Lipinski definition) is 2. The van der Waals surface area contributed by atoms with Crippen LogP contribution in [0.1, 0.15) is 36.8 Å². The lowest BCUT2D eigenvalue weighted by Crippen LogP contribution is -2.37. The van der Waals surface area contributed by atoms with E-state index in [0.717, 1.165) is 37.1 Å². The van der Waals surface area contributed by atoms with Gasteiger partial charge in [-0.25, -0.2) is 0 Å². The predicted molar refractivity (Wildman–Crippen MR) is 79.6 cm³/mol. The number of phenolic OH excluding ortho intramolecular Hbond substituents is 1. The lowest BCUT2D eigenvalue weighted by molar-refractivity contribution is -0.131. The summed E-state index contributed by atoms with van der Waals surface area (Å²) in [6.07, 6.45) is 4.05. The Morgan fingerprint density at radius 2 is 2.05 bits per heavy atom. The number of rotatable bonds is 5. The summed E-state index contributed by atoms with van der Waals surface area (Å²) in [7, 11) is 0. The van der Waals surface area contributed by atoms with Crippen LogP contribution >= 0.6 is 0 Å². The van der Waals surface area contributed by atoms with Gasteiger partial charge in [0.05, 0.1) is 0 Å². The lowest BCUT2D eigenvalue weighted by atomic mass is 10.1. The molecule has 4 heteroatoms. The van der Waals surface area contributed by atoms with Gasteiger partial charge >= 0.3 is 0 Å². The third kappa shape index (κ3) is 4.23. The smallest absolute Gasteiger partial charge is 0.223 e. The van der Waals surface area contributed by atoms with Crippen LogP contribution in [0.15, 0.2) is 18.2 Å². The van der Waals surface area contributed by atoms with E-state index in [9.17, 15) is 9.90 Å². The van der Waals surface area contributed by atoms with E-state index in [1.54, 1.807) is 6.07 Å². The van der Waals surface area contributed by atoms with Crippen LogP contribution in [0.2, 0.25) is 0 Å². The van der Waals surface area contributed by atoms with Crippen LogP contribution < -0.4 is 5.32 Å². The minimum Gasteiger partial charge on any atom is -0.508 e. The number of phenols is 1. The minimum absolute atomic E-state index is 0.241. The molecule has 0 aliphatic carbocycles. The van der Waals surface area contributed by atoms with Crippen LogP contribution in [0.3, 0.4) is 0 Å². The number of likely N-dealkylation sites (tertiary alicyclic amines) is 1. The number of amides is 1. The van der Waals surface area contributed by atoms with Gasteiger partial charge in [-0.05, 0) is 32.3 Å². The quantitative estimate of drug-likeness (QED) is 0.811. The van der Waals surface area contributed by atoms with Gasteiger partial charge in [0.1, 0.15) is 5.75 Å². The average molecular weight is 276 g/mol. The van der Waals surface area contributed by atoms with Crippen molar-refractivity contribution in [3.05, 3.63) is 29.3 Å². The van der Waals surface area contributed by atoms with Crippen molar-refractivity contribution in [3.8, 4) is 5.75 Å². The van der Waals surface area contributed by atoms with Gasteiger partial charge in [0.15, 0.2) is 0 Å². The Morgan fingerprint density at radius 3 is 2.80 bits per heavy atom. The number of carbonyl (C=O) groups is 1. The Hall–Kier alpha value is -1.55. The van der Waals surface area contributed by atoms with Gasteiger partial charge in [0.2, 0.25) is 5.91 Å². The number of carbonyl (C=O) groups excluding carboxylic acids is 1. The molecule has 1 saturated heterocycles. The fraction of sp³-hybridized carbons (Fsp3) is 0.562. The highest BCUT2D eigenvalue weighted by molar-refractivity contribution is 5.76. The molecule has 0 bridgehead atoms. The first-order valence-electron chi connectivity index (χ1n) is 7.44. The van der Waals surface area contributed by atoms with Crippen molar-refractivity contribution in [1.29, 1.82) is 0 Å². The highest BCUT2D eigenvalue weighted by Crippen LogP contribution is 2.17. The number of aromatic hydroxyl groups is 1. The van der Waals surface area contributed by atoms with Crippen molar-refractivity contribution in [2.24, 2.45) is 0 Å². The number of benzene rings is 1. The van der Waals surface area contributed by atoms with Gasteiger partial charge < -0.3 is 15.3 Å². The number of piperidine rings is 1. The van der Waals surface area contributed by atoms with Crippen LogP contribution in [0.4, 0.5) is 0 Å². The maximum absolute atomic E-state index is 12.0. The van der Waals surface area contributed by atoms with E-state index >= 15 is 0 Å². The standard InChI is InChI=1S/C16H24N2O2/c1-13-5-6-15(19)14(11-13)12-17-8-7-16(20)18-9-3-2-4-10-18/h5-6,11,17,19H,2-4,7-10,12H2,1H3. The van der Waals surface area contributed by atoms with Crippen molar-refractivity contribution in [2.75, 3.05) is 19.6 Å². The summed E-state index contributed by atoms with van der Waals surface area (Å²) >= 11 is 0. The highest BCUT2D eigenvalue weighted by atomic mass is 16.3. The molecule has 2 N–H and O–H groups in total. The van der Waals surface area contributed by atoms with E-state index in [0.29, 0.717) is 25.3 Å². The molecular formula is C16H24N2O2. The molecule has 1 amide bonds. The van der Waals surface area contributed by atoms with Gasteiger partial charge in [0, 0.05) is 38.2 Å². The van der Waals surface area contributed by atoms with Crippen molar-refractivity contribution in [1.82, 2.24) is 10.2 Å². The van der Waals surface area contributed by atoms with Crippen molar-refractivity contribution < 1.29 is 9.90 Å². The van der Waals surface area contributed by atoms with Crippen LogP contribution in [-0.2, 0) is 11.3 Å². The maximum Gasteiger partial charge on any atom is 0.223 e. The molecule has 0 saturated carbocycles. The first-order chi connectivity index (χ1) is 9.66. The molecule has 0 atom stereocenters. The van der Waals surface area contributed by atoms with E-state index in [1.165, 1.54) is 6.42 Å². The molecule has 2 rings (SSSR count). The Balaban J connectivity index is 1.70. The van der Waals surface area contributed by atoms with E-state index in [1.807, 2.05) is 24.0 Å². The zero-order valence-corrected chi connectivity index (χ0v) is 12.2. The molecule has 1 aromatic rings. The molecule has 0 aromatic heterocycles. The largest absolute Gasteiger partial charge is 0.508 e. The van der Waals surface area contributed by atoms with E-state index in [-0.39, 0.29) is 5.91 Å². The van der Waals surface area contributed by atoms with Crippen LogP contribution in [0.5, 0.6) is 5.75 Å². The van der Waals surface area contributed by atoms with Gasteiger partial charge in [-0.2, -0.15) is 0 Å². The minimum atomic E-state index is 0.241. The second kappa shape index (κ2) is 7.29. The molecule has 1 aliphatic rings. The molecule has 20 heavy (non-hydrogen) atoms. The SMILES string of the molecule is Cc1ccc(O)c(CNCCC(=O)N2CCCCC2)c1. The molecule has 0 radical (unpaired) electrons. The zero-order chi connectivity index (χ0) is 14.4. The van der Waals surface area contributed by atoms with Gasteiger partial charge in [-0.1, -0.05) is 17.7 Å². The topological polar surface area (TPSA) is 52.6 Å². The summed E-state index contributed by atoms with van der Waals surface area (Å²) in [5.74, 6) is 0.552. The fourth-order valence-corrected chi connectivity index (χ4v) is 2.58. The third-order valence-corrected chi connectivity index (χ3v) is 3.77. The molecule has 1 heterocycles. The highest BCUT2D eigenvalue weighted by Gasteiger charge is 2.15. The Morgan fingerprint density at radius 1 is 1.30 bits per heavy atom. The molecule has 1 aliphatic heterocycles. The maximum atomic E-state index is 12.0. The first-order valence-corrected chi connectivity index (χ1v) is 7.44. The molecule has 0 spiro atoms. The summed E-state index contributed by atoms with van der Waals surface area (Å²) < 4.78 is 0. The normalized spacial score (nSPS) is 15.3. The summed E-state index contributed by atoms with van der Waals surface area (Å²) in [6.45, 7) is 5.08. The number of nitrogens with one attached hydrogen (secondary N) is 1. The predicted octanol–water partition coefficient (Wildman–Crippen LogP) is 2.19. The number of nitrogens with zero attached hydrogens (tertiary/aromatic N) is 1. The molecule has 0 unspecified atom stereocenters. The molecule has 4 nitrogen and oxygen atoms in total. The second-order valence-electron chi connectivity index (χ2n) is 5.50. The fourth-order valence-electron chi connectivity index (χ4n) is 2.58. The average Bonchev–Trinajstić information content (AvgIpc) is 2.47. The van der Waals surface area contributed by atoms with Gasteiger partial charge in [0.25, 0.3) is 0 Å². The number of hydrogen-bond acceptors (Lipinski definition) is 3. The molecule has 1 fully saturated rings. The van der Waals surface area contributed by atoms with E-state index in [2.05, 4.69) is 5.32 Å². The Bertz CT molecular complexity index is 454. The first kappa shape index (κ1) is 14.9. The van der Waals surface area contributed by atoms with Crippen molar-refractivity contribution >= 4 is 5.91 Å². The number of aryl methyl sites for hydroxylation is 1. The second-order valence-corrected chi connectivity index (χ2v) is 5.50. The lowest BCUT2D eigenvalue weighted by Gasteiger charge is -2.26. The summed E-state index contributed by atoms with van der Waals surface area (Å²) in [4.78, 5) is 13.9. The zero-order valence-electron chi connectivity index (χ0n) is 12.2.